The Bertz CT molecular complexity index is 278. The van der Waals surface area contributed by atoms with Gasteiger partial charge in [0.05, 0.1) is 0 Å². The number of rotatable bonds is 4. The van der Waals surface area contributed by atoms with Crippen molar-refractivity contribution in [2.75, 3.05) is 14.2 Å². The normalized spacial score (nSPS) is 12.5. The average molecular weight is 347 g/mol. The predicted molar refractivity (Wildman–Crippen MR) is 66.0 cm³/mol. The van der Waals surface area contributed by atoms with Crippen LogP contribution in [0.25, 0.3) is 0 Å². The first-order chi connectivity index (χ1) is 7.36. The van der Waals surface area contributed by atoms with Gasteiger partial charge < -0.3 is 0 Å². The Morgan fingerprint density at radius 3 is 1.12 bits per heavy atom. The van der Waals surface area contributed by atoms with E-state index >= 15 is 0 Å². The first kappa shape index (κ1) is 15.8. The molecule has 0 aromatic heterocycles. The van der Waals surface area contributed by atoms with Crippen LogP contribution in [0, 0.1) is 0 Å². The van der Waals surface area contributed by atoms with Gasteiger partial charge >= 0.3 is 106 Å². The molecule has 2 radical (unpaired) electrons. The summed E-state index contributed by atoms with van der Waals surface area (Å²) in [6.07, 6.45) is 0. The molecule has 16 heavy (non-hydrogen) atoms. The predicted octanol–water partition coefficient (Wildman–Crippen LogP) is 1.22. The zero-order valence-corrected chi connectivity index (χ0v) is 14.8. The van der Waals surface area contributed by atoms with Crippen LogP contribution < -0.4 is 0 Å². The standard InChI is InChI=1S/C10H18Ge2O4/c1-11(2)7(9(13)15-5)8(12(3)4)10(14)16-6/h1-6H3/b8-7+. The Hall–Kier alpha value is -0.234. The fourth-order valence-corrected chi connectivity index (χ4v) is 11.4. The van der Waals surface area contributed by atoms with E-state index in [9.17, 15) is 9.59 Å². The van der Waals surface area contributed by atoms with Crippen molar-refractivity contribution in [1.29, 1.82) is 0 Å². The van der Waals surface area contributed by atoms with Crippen LogP contribution in [-0.4, -0.2) is 54.9 Å². The first-order valence-corrected chi connectivity index (χ1v) is 15.4. The van der Waals surface area contributed by atoms with Gasteiger partial charge in [-0.25, -0.2) is 0 Å². The van der Waals surface area contributed by atoms with Crippen molar-refractivity contribution in [1.82, 2.24) is 0 Å². The molecule has 6 heteroatoms. The van der Waals surface area contributed by atoms with E-state index in [2.05, 4.69) is 0 Å². The minimum atomic E-state index is -1.67. The van der Waals surface area contributed by atoms with Crippen molar-refractivity contribution in [3.05, 3.63) is 8.81 Å². The number of carbonyl (C=O) groups is 2. The molecule has 4 nitrogen and oxygen atoms in total. The van der Waals surface area contributed by atoms with Crippen molar-refractivity contribution in [3.63, 3.8) is 0 Å². The minimum absolute atomic E-state index is 0.353. The van der Waals surface area contributed by atoms with Crippen molar-refractivity contribution >= 4 is 40.6 Å². The molecule has 0 bridgehead atoms. The van der Waals surface area contributed by atoms with E-state index in [1.807, 2.05) is 23.0 Å². The third-order valence-electron chi connectivity index (χ3n) is 2.03. The molecule has 0 atom stereocenters. The van der Waals surface area contributed by atoms with Crippen LogP contribution in [0.2, 0.25) is 23.0 Å². The number of ether oxygens (including phenoxy) is 2. The second-order valence-corrected chi connectivity index (χ2v) is 14.2. The Morgan fingerprint density at radius 2 is 1.00 bits per heavy atom. The Morgan fingerprint density at radius 1 is 0.750 bits per heavy atom. The van der Waals surface area contributed by atoms with Crippen LogP contribution in [0.5, 0.6) is 0 Å². The van der Waals surface area contributed by atoms with Gasteiger partial charge in [-0.1, -0.05) is 0 Å². The van der Waals surface area contributed by atoms with Crippen LogP contribution >= 0.6 is 0 Å². The molecular formula is C10H18Ge2O4. The molecule has 0 heterocycles. The van der Waals surface area contributed by atoms with Crippen molar-refractivity contribution < 1.29 is 19.1 Å². The fourth-order valence-electron chi connectivity index (χ4n) is 1.32. The van der Waals surface area contributed by atoms with Gasteiger partial charge in [0.1, 0.15) is 0 Å². The molecule has 0 N–H and O–H groups in total. The summed E-state index contributed by atoms with van der Waals surface area (Å²) in [5.41, 5.74) is 0. The summed E-state index contributed by atoms with van der Waals surface area (Å²) in [5, 5.41) is 0. The molecule has 0 aliphatic carbocycles. The molecule has 0 aliphatic heterocycles. The van der Waals surface area contributed by atoms with Crippen molar-refractivity contribution in [2.24, 2.45) is 0 Å². The molecule has 0 aromatic carbocycles. The molecule has 0 saturated heterocycles. The number of hydrogen-bond donors (Lipinski definition) is 0. The van der Waals surface area contributed by atoms with Gasteiger partial charge in [0.15, 0.2) is 0 Å². The summed E-state index contributed by atoms with van der Waals surface area (Å²) in [6.45, 7) is 0. The monoisotopic (exact) mass is 350 g/mol. The topological polar surface area (TPSA) is 52.6 Å². The number of methoxy groups -OCH3 is 2. The second-order valence-electron chi connectivity index (χ2n) is 3.73. The summed E-state index contributed by atoms with van der Waals surface area (Å²) in [6, 6.07) is 0. The molecular weight excluding hydrogens is 329 g/mol. The van der Waals surface area contributed by atoms with Crippen molar-refractivity contribution in [3.8, 4) is 0 Å². The number of hydrogen-bond acceptors (Lipinski definition) is 4. The molecule has 90 valence electrons. The number of carbonyl (C=O) groups excluding carboxylic acids is 2. The summed E-state index contributed by atoms with van der Waals surface area (Å²) < 4.78 is 10.8. The average Bonchev–Trinajstić information content (AvgIpc) is 2.22. The molecule has 0 rings (SSSR count). The van der Waals surface area contributed by atoms with E-state index < -0.39 is 28.7 Å². The van der Waals surface area contributed by atoms with Gasteiger partial charge in [0, 0.05) is 0 Å². The van der Waals surface area contributed by atoms with Crippen LogP contribution in [0.15, 0.2) is 8.81 Å². The zero-order chi connectivity index (χ0) is 12.9. The number of esters is 2. The van der Waals surface area contributed by atoms with E-state index in [1.165, 1.54) is 14.2 Å². The maximum atomic E-state index is 11.7. The quantitative estimate of drug-likeness (QED) is 0.436. The molecule has 0 amide bonds. The second kappa shape index (κ2) is 7.16. The van der Waals surface area contributed by atoms with Gasteiger partial charge in [0.2, 0.25) is 0 Å². The van der Waals surface area contributed by atoms with E-state index in [4.69, 9.17) is 9.47 Å². The zero-order valence-electron chi connectivity index (χ0n) is 10.6. The summed E-state index contributed by atoms with van der Waals surface area (Å²) in [4.78, 5) is 23.4. The van der Waals surface area contributed by atoms with E-state index in [0.717, 1.165) is 0 Å². The van der Waals surface area contributed by atoms with Crippen LogP contribution in [0.1, 0.15) is 0 Å². The van der Waals surface area contributed by atoms with Crippen LogP contribution in [0.4, 0.5) is 0 Å². The molecule has 0 fully saturated rings. The Labute approximate surface area is 106 Å². The fraction of sp³-hybridized carbons (Fsp3) is 0.600. The van der Waals surface area contributed by atoms with E-state index in [0.29, 0.717) is 8.81 Å². The Kier molecular flexibility index (Phi) is 7.06. The van der Waals surface area contributed by atoms with Gasteiger partial charge in [0.25, 0.3) is 0 Å². The summed E-state index contributed by atoms with van der Waals surface area (Å²) in [5.74, 6) is 7.45. The molecule has 0 saturated carbocycles. The van der Waals surface area contributed by atoms with E-state index in [-0.39, 0.29) is 11.9 Å². The third kappa shape index (κ3) is 3.97. The van der Waals surface area contributed by atoms with Crippen LogP contribution in [-0.2, 0) is 19.1 Å². The summed E-state index contributed by atoms with van der Waals surface area (Å²) >= 11 is -3.34. The molecule has 0 aliphatic rings. The van der Waals surface area contributed by atoms with Gasteiger partial charge in [-0.15, -0.1) is 0 Å². The molecule has 0 unspecified atom stereocenters. The van der Waals surface area contributed by atoms with Crippen molar-refractivity contribution in [2.45, 2.75) is 23.0 Å². The third-order valence-corrected chi connectivity index (χ3v) is 9.23. The van der Waals surface area contributed by atoms with Crippen LogP contribution in [0.3, 0.4) is 0 Å². The maximum absolute atomic E-state index is 11.7. The van der Waals surface area contributed by atoms with Gasteiger partial charge in [-0.05, 0) is 0 Å². The van der Waals surface area contributed by atoms with Gasteiger partial charge in [-0.3, -0.25) is 0 Å². The van der Waals surface area contributed by atoms with Gasteiger partial charge in [-0.2, -0.15) is 0 Å². The SMILES string of the molecule is COC(=O)/[C](=[C](/C(=O)OC)[Ge]([CH3])[CH3])[Ge]([CH3])[CH3]. The molecule has 0 aromatic rings. The molecule has 0 spiro atoms. The first-order valence-electron chi connectivity index (χ1n) is 4.88. The Balaban J connectivity index is 5.63. The summed E-state index contributed by atoms with van der Waals surface area (Å²) in [7, 11) is 2.70. The van der Waals surface area contributed by atoms with E-state index in [1.54, 1.807) is 0 Å².